The molecule has 1 saturated carbocycles. The summed E-state index contributed by atoms with van der Waals surface area (Å²) in [7, 11) is 1.53. The first-order valence-corrected chi connectivity index (χ1v) is 11.6. The summed E-state index contributed by atoms with van der Waals surface area (Å²) in [5.41, 5.74) is 12.1. The fraction of sp³-hybridized carbons (Fsp3) is 0.500. The average Bonchev–Trinajstić information content (AvgIpc) is 3.55. The van der Waals surface area contributed by atoms with Crippen LogP contribution in [0.4, 0.5) is 0 Å². The summed E-state index contributed by atoms with van der Waals surface area (Å²) >= 11 is 0. The second kappa shape index (κ2) is 9.74. The van der Waals surface area contributed by atoms with Gasteiger partial charge >= 0.3 is 0 Å². The summed E-state index contributed by atoms with van der Waals surface area (Å²) < 4.78 is 7.07. The highest BCUT2D eigenvalue weighted by molar-refractivity contribution is 6.01. The second-order valence-electron chi connectivity index (χ2n) is 9.18. The van der Waals surface area contributed by atoms with Crippen molar-refractivity contribution in [2.45, 2.75) is 50.6 Å². The zero-order valence-corrected chi connectivity index (χ0v) is 19.2. The van der Waals surface area contributed by atoms with Crippen LogP contribution in [0.3, 0.4) is 0 Å². The molecule has 4 amide bonds. The van der Waals surface area contributed by atoms with Crippen LogP contribution in [0, 0.1) is 11.8 Å². The zero-order chi connectivity index (χ0) is 24.4. The molecule has 0 bridgehead atoms. The van der Waals surface area contributed by atoms with Crippen molar-refractivity contribution in [2.75, 3.05) is 13.7 Å². The van der Waals surface area contributed by atoms with Gasteiger partial charge in [0.1, 0.15) is 23.5 Å². The number of hydrogen-bond donors (Lipinski definition) is 4. The molecule has 10 heteroatoms. The number of methoxy groups -OCH3 is 1. The SMILES string of the molecule is COc1cccc2c1cc(C(N)=O)n2[C@@H](CC1CC1)C(=O)N[C@@H](C[C@@H]1CCCNC1=O)C(N)=O. The Labute approximate surface area is 197 Å². The number of carbonyl (C=O) groups excluding carboxylic acids is 4. The number of fused-ring (bicyclic) bond motifs is 1. The van der Waals surface area contributed by atoms with E-state index in [9.17, 15) is 19.2 Å². The minimum Gasteiger partial charge on any atom is -0.496 e. The van der Waals surface area contributed by atoms with Crippen LogP contribution in [-0.2, 0) is 14.4 Å². The van der Waals surface area contributed by atoms with E-state index in [1.165, 1.54) is 7.11 Å². The van der Waals surface area contributed by atoms with E-state index in [1.807, 2.05) is 0 Å². The highest BCUT2D eigenvalue weighted by Gasteiger charge is 2.36. The number of benzene rings is 1. The average molecular weight is 470 g/mol. The van der Waals surface area contributed by atoms with Crippen LogP contribution in [0.15, 0.2) is 24.3 Å². The summed E-state index contributed by atoms with van der Waals surface area (Å²) in [5, 5.41) is 6.22. The van der Waals surface area contributed by atoms with Crippen molar-refractivity contribution in [3.05, 3.63) is 30.0 Å². The summed E-state index contributed by atoms with van der Waals surface area (Å²) in [6, 6.07) is 5.20. The first kappa shape index (κ1) is 23.6. The van der Waals surface area contributed by atoms with Crippen molar-refractivity contribution in [3.63, 3.8) is 0 Å². The molecule has 1 aliphatic carbocycles. The van der Waals surface area contributed by atoms with E-state index in [0.717, 1.165) is 19.3 Å². The van der Waals surface area contributed by atoms with Gasteiger partial charge in [-0.25, -0.2) is 0 Å². The van der Waals surface area contributed by atoms with E-state index in [2.05, 4.69) is 10.6 Å². The molecule has 2 heterocycles. The molecule has 1 saturated heterocycles. The molecule has 0 spiro atoms. The summed E-state index contributed by atoms with van der Waals surface area (Å²) in [5.74, 6) is -1.46. The Bertz CT molecular complexity index is 1120. The van der Waals surface area contributed by atoms with Gasteiger partial charge in [-0.2, -0.15) is 0 Å². The molecule has 10 nitrogen and oxygen atoms in total. The maximum absolute atomic E-state index is 13.6. The van der Waals surface area contributed by atoms with E-state index >= 15 is 0 Å². The fourth-order valence-electron chi connectivity index (χ4n) is 4.79. The Morgan fingerprint density at radius 1 is 1.21 bits per heavy atom. The van der Waals surface area contributed by atoms with Crippen molar-refractivity contribution in [3.8, 4) is 5.75 Å². The van der Waals surface area contributed by atoms with Gasteiger partial charge < -0.3 is 31.4 Å². The summed E-state index contributed by atoms with van der Waals surface area (Å²) in [4.78, 5) is 50.4. The molecule has 34 heavy (non-hydrogen) atoms. The quantitative estimate of drug-likeness (QED) is 0.408. The largest absolute Gasteiger partial charge is 0.496 e. The lowest BCUT2D eigenvalue weighted by atomic mass is 9.91. The van der Waals surface area contributed by atoms with Crippen LogP contribution in [0.2, 0.25) is 0 Å². The molecule has 3 atom stereocenters. The lowest BCUT2D eigenvalue weighted by Crippen LogP contribution is -2.50. The number of ether oxygens (including phenoxy) is 1. The number of hydrogen-bond acceptors (Lipinski definition) is 5. The monoisotopic (exact) mass is 469 g/mol. The Morgan fingerprint density at radius 2 is 1.97 bits per heavy atom. The van der Waals surface area contributed by atoms with Crippen molar-refractivity contribution in [1.82, 2.24) is 15.2 Å². The number of primary amides is 2. The van der Waals surface area contributed by atoms with E-state index < -0.39 is 35.7 Å². The third-order valence-electron chi connectivity index (χ3n) is 6.76. The van der Waals surface area contributed by atoms with Crippen LogP contribution in [0.5, 0.6) is 5.75 Å². The molecule has 1 aliphatic heterocycles. The lowest BCUT2D eigenvalue weighted by Gasteiger charge is -2.27. The summed E-state index contributed by atoms with van der Waals surface area (Å²) in [6.07, 6.45) is 4.03. The number of rotatable bonds is 10. The van der Waals surface area contributed by atoms with E-state index in [-0.39, 0.29) is 18.0 Å². The number of aromatic nitrogens is 1. The van der Waals surface area contributed by atoms with Gasteiger partial charge in [0.2, 0.25) is 17.7 Å². The van der Waals surface area contributed by atoms with Crippen LogP contribution in [0.25, 0.3) is 10.9 Å². The molecule has 4 rings (SSSR count). The third-order valence-corrected chi connectivity index (χ3v) is 6.76. The highest BCUT2D eigenvalue weighted by Crippen LogP contribution is 2.40. The first-order chi connectivity index (χ1) is 16.3. The van der Waals surface area contributed by atoms with Crippen LogP contribution in [-0.4, -0.2) is 47.9 Å². The molecule has 0 unspecified atom stereocenters. The maximum atomic E-state index is 13.6. The van der Waals surface area contributed by atoms with E-state index in [1.54, 1.807) is 28.8 Å². The Hall–Kier alpha value is -3.56. The van der Waals surface area contributed by atoms with E-state index in [0.29, 0.717) is 42.0 Å². The van der Waals surface area contributed by atoms with Gasteiger partial charge in [-0.05, 0) is 49.8 Å². The van der Waals surface area contributed by atoms with Crippen LogP contribution < -0.4 is 26.8 Å². The molecule has 6 N–H and O–H groups in total. The Kier molecular flexibility index (Phi) is 6.76. The normalized spacial score (nSPS) is 19.8. The maximum Gasteiger partial charge on any atom is 0.265 e. The molecule has 2 aromatic rings. The highest BCUT2D eigenvalue weighted by atomic mass is 16.5. The van der Waals surface area contributed by atoms with E-state index in [4.69, 9.17) is 16.2 Å². The van der Waals surface area contributed by atoms with Gasteiger partial charge in [-0.15, -0.1) is 0 Å². The minimum absolute atomic E-state index is 0.131. The zero-order valence-electron chi connectivity index (χ0n) is 19.2. The lowest BCUT2D eigenvalue weighted by molar-refractivity contribution is -0.132. The van der Waals surface area contributed by atoms with Crippen LogP contribution >= 0.6 is 0 Å². The number of nitrogens with zero attached hydrogens (tertiary/aromatic N) is 1. The predicted molar refractivity (Wildman–Crippen MR) is 125 cm³/mol. The Balaban J connectivity index is 1.68. The standard InChI is InChI=1S/C24H31N5O5/c1-34-20-6-2-5-17-15(20)12-18(22(26)31)29(17)19(10-13-7-8-13)24(33)28-16(21(25)30)11-14-4-3-9-27-23(14)32/h2,5-6,12-14,16,19H,3-4,7-11H2,1H3,(H2,25,30)(H2,26,31)(H,27,32)(H,28,33)/t14-,16-,19-/m0/s1. The number of carbonyl (C=O) groups is 4. The molecule has 182 valence electrons. The molecule has 1 aromatic carbocycles. The predicted octanol–water partition coefficient (Wildman–Crippen LogP) is 0.976. The number of amides is 4. The molecule has 0 radical (unpaired) electrons. The number of nitrogens with one attached hydrogen (secondary N) is 2. The fourth-order valence-corrected chi connectivity index (χ4v) is 4.79. The minimum atomic E-state index is -1.00. The summed E-state index contributed by atoms with van der Waals surface area (Å²) in [6.45, 7) is 0.604. The molecule has 2 aliphatic rings. The molecular formula is C24H31N5O5. The van der Waals surface area contributed by atoms with Crippen molar-refractivity contribution >= 4 is 34.5 Å². The van der Waals surface area contributed by atoms with Gasteiger partial charge in [0.25, 0.3) is 5.91 Å². The molecule has 2 fully saturated rings. The topological polar surface area (TPSA) is 159 Å². The third kappa shape index (κ3) is 4.85. The first-order valence-electron chi connectivity index (χ1n) is 11.6. The van der Waals surface area contributed by atoms with Gasteiger partial charge in [-0.1, -0.05) is 18.9 Å². The van der Waals surface area contributed by atoms with Gasteiger partial charge in [-0.3, -0.25) is 19.2 Å². The number of nitrogens with two attached hydrogens (primary N) is 2. The van der Waals surface area contributed by atoms with Gasteiger partial charge in [0.05, 0.1) is 12.6 Å². The van der Waals surface area contributed by atoms with Crippen molar-refractivity contribution in [1.29, 1.82) is 0 Å². The van der Waals surface area contributed by atoms with Crippen molar-refractivity contribution in [2.24, 2.45) is 23.3 Å². The number of piperidine rings is 1. The smallest absolute Gasteiger partial charge is 0.265 e. The second-order valence-corrected chi connectivity index (χ2v) is 9.18. The van der Waals surface area contributed by atoms with Gasteiger partial charge in [0.15, 0.2) is 0 Å². The Morgan fingerprint density at radius 3 is 2.59 bits per heavy atom. The van der Waals surface area contributed by atoms with Crippen LogP contribution in [0.1, 0.15) is 55.1 Å². The van der Waals surface area contributed by atoms with Gasteiger partial charge in [0, 0.05) is 17.8 Å². The molecule has 1 aromatic heterocycles. The van der Waals surface area contributed by atoms with Crippen molar-refractivity contribution < 1.29 is 23.9 Å². The molecular weight excluding hydrogens is 438 g/mol.